The van der Waals surface area contributed by atoms with Crippen LogP contribution in [-0.2, 0) is 45.1 Å². The van der Waals surface area contributed by atoms with Crippen LogP contribution in [0.5, 0.6) is 0 Å². The number of nitrogens with one attached hydrogen (secondary N) is 6. The molecule has 3 atom stereocenters. The average Bonchev–Trinajstić information content (AvgIpc) is 3.87. The lowest BCUT2D eigenvalue weighted by Gasteiger charge is -2.19. The molecule has 0 saturated heterocycles. The summed E-state index contributed by atoms with van der Waals surface area (Å²) in [7, 11) is 4.84. The molecule has 12 N–H and O–H groups in total. The number of nitrogens with two attached hydrogens (primary N) is 2. The van der Waals surface area contributed by atoms with Gasteiger partial charge in [-0.05, 0) is 31.0 Å². The van der Waals surface area contributed by atoms with Crippen molar-refractivity contribution in [1.82, 2.24) is 29.7 Å². The van der Waals surface area contributed by atoms with E-state index in [-0.39, 0.29) is 53.7 Å². The number of amides is 6. The highest BCUT2D eigenvalue weighted by Gasteiger charge is 2.25. The Kier molecular flexibility index (Phi) is 18.2. The molecule has 24 heteroatoms. The van der Waals surface area contributed by atoms with Crippen molar-refractivity contribution in [3.8, 4) is 0 Å². The second-order valence-corrected chi connectivity index (χ2v) is 14.9. The lowest BCUT2D eigenvalue weighted by atomic mass is 10.1. The largest absolute Gasteiger partial charge is 0.480 e. The molecule has 60 heavy (non-hydrogen) atoms. The molecule has 0 radical (unpaired) electrons. The van der Waals surface area contributed by atoms with Crippen molar-refractivity contribution in [2.45, 2.75) is 43.6 Å². The van der Waals surface area contributed by atoms with Crippen LogP contribution < -0.4 is 43.4 Å². The zero-order valence-electron chi connectivity index (χ0n) is 33.2. The summed E-state index contributed by atoms with van der Waals surface area (Å²) in [5.41, 5.74) is 12.7. The molecule has 3 aromatic heterocycles. The number of carbonyl (C=O) groups excluding carboxylic acids is 6. The third kappa shape index (κ3) is 14.8. The number of aliphatic carboxylic acids is 2. The van der Waals surface area contributed by atoms with Crippen LogP contribution in [-0.4, -0.2) is 126 Å². The monoisotopic (exact) mass is 876 g/mol. The van der Waals surface area contributed by atoms with Crippen LogP contribution >= 0.6 is 23.4 Å². The van der Waals surface area contributed by atoms with Gasteiger partial charge >= 0.3 is 11.9 Å². The fourth-order valence-electron chi connectivity index (χ4n) is 5.27. The average molecular weight is 877 g/mol. The maximum Gasteiger partial charge on any atom is 0.322 e. The van der Waals surface area contributed by atoms with Crippen molar-refractivity contribution in [3.63, 3.8) is 0 Å². The van der Waals surface area contributed by atoms with Gasteiger partial charge in [0.2, 0.25) is 17.7 Å². The van der Waals surface area contributed by atoms with Crippen LogP contribution in [0, 0.1) is 0 Å². The number of aryl methyl sites for hydroxylation is 3. The van der Waals surface area contributed by atoms with E-state index in [1.807, 2.05) is 6.92 Å². The van der Waals surface area contributed by atoms with Gasteiger partial charge in [-0.25, -0.2) is 0 Å². The summed E-state index contributed by atoms with van der Waals surface area (Å²) in [5.74, 6) is -6.13. The number of nitrogens with zero attached hydrogens (tertiary/aromatic N) is 4. The lowest BCUT2D eigenvalue weighted by molar-refractivity contribution is -0.139. The van der Waals surface area contributed by atoms with E-state index in [4.69, 9.17) is 33.3 Å². The van der Waals surface area contributed by atoms with Crippen LogP contribution in [0.2, 0.25) is 0 Å². The van der Waals surface area contributed by atoms with Gasteiger partial charge in [-0.2, -0.15) is 11.8 Å². The first-order valence-electron chi connectivity index (χ1n) is 18.3. The molecule has 0 bridgehead atoms. The summed E-state index contributed by atoms with van der Waals surface area (Å²) >= 11 is 7.33. The number of hydrogen-bond acceptors (Lipinski definition) is 11. The van der Waals surface area contributed by atoms with Gasteiger partial charge in [0, 0.05) is 64.2 Å². The van der Waals surface area contributed by atoms with E-state index in [0.717, 1.165) is 18.2 Å². The molecule has 0 saturated carbocycles. The van der Waals surface area contributed by atoms with Crippen LogP contribution in [0.15, 0.2) is 41.8 Å². The number of aromatic nitrogens is 3. The minimum atomic E-state index is -1.32. The Labute approximate surface area is 353 Å². The molecule has 1 unspecified atom stereocenters. The van der Waals surface area contributed by atoms with Gasteiger partial charge in [0.25, 0.3) is 17.7 Å². The molecular weight excluding hydrogens is 828 g/mol. The zero-order valence-corrected chi connectivity index (χ0v) is 34.8. The van der Waals surface area contributed by atoms with Gasteiger partial charge in [0.15, 0.2) is 0 Å². The maximum absolute atomic E-state index is 13.3. The summed E-state index contributed by atoms with van der Waals surface area (Å²) < 4.78 is 4.51. The summed E-state index contributed by atoms with van der Waals surface area (Å²) in [4.78, 5) is 103. The number of amidine groups is 1. The van der Waals surface area contributed by atoms with Crippen LogP contribution in [0.1, 0.15) is 57.7 Å². The number of anilines is 3. The molecular formula is C36H49ClN12O10S. The topological polar surface area (TPSA) is 328 Å². The van der Waals surface area contributed by atoms with Crippen LogP contribution in [0.25, 0.3) is 0 Å². The zero-order chi connectivity index (χ0) is 44.7. The van der Waals surface area contributed by atoms with Gasteiger partial charge in [-0.1, -0.05) is 6.92 Å². The van der Waals surface area contributed by atoms with E-state index < -0.39 is 71.4 Å². The third-order valence-corrected chi connectivity index (χ3v) is 10.0. The molecule has 6 amide bonds. The number of carboxylic acid groups (broad SMARTS) is 2. The maximum atomic E-state index is 13.3. The van der Waals surface area contributed by atoms with E-state index in [0.29, 0.717) is 23.8 Å². The molecule has 0 spiro atoms. The number of carbonyl (C=O) groups is 8. The highest BCUT2D eigenvalue weighted by Crippen LogP contribution is 2.21. The molecule has 3 heterocycles. The molecule has 3 rings (SSSR count). The molecule has 3 aromatic rings. The van der Waals surface area contributed by atoms with Gasteiger partial charge in [-0.15, -0.1) is 11.6 Å². The Balaban J connectivity index is 1.56. The Hall–Kier alpha value is -6.33. The minimum Gasteiger partial charge on any atom is -0.480 e. The lowest BCUT2D eigenvalue weighted by Crippen LogP contribution is -2.49. The summed E-state index contributed by atoms with van der Waals surface area (Å²) in [6.45, 7) is 1.87. The predicted octanol–water partition coefficient (Wildman–Crippen LogP) is -0.139. The number of hydrogen-bond donors (Lipinski definition) is 10. The van der Waals surface area contributed by atoms with Crippen molar-refractivity contribution in [2.24, 2.45) is 37.6 Å². The first-order valence-corrected chi connectivity index (χ1v) is 19.9. The quantitative estimate of drug-likeness (QED) is 0.0337. The van der Waals surface area contributed by atoms with Crippen molar-refractivity contribution in [1.29, 1.82) is 0 Å². The first-order chi connectivity index (χ1) is 28.3. The minimum absolute atomic E-state index is 0.0504. The van der Waals surface area contributed by atoms with Crippen molar-refractivity contribution in [2.75, 3.05) is 47.1 Å². The van der Waals surface area contributed by atoms with Gasteiger partial charge in [-0.3, -0.25) is 43.3 Å². The summed E-state index contributed by atoms with van der Waals surface area (Å²) in [6.07, 6.45) is 4.89. The van der Waals surface area contributed by atoms with E-state index in [9.17, 15) is 38.4 Å². The highest BCUT2D eigenvalue weighted by atomic mass is 35.5. The number of thioether (sulfide) groups is 1. The van der Waals surface area contributed by atoms with Crippen molar-refractivity contribution < 1.29 is 48.6 Å². The van der Waals surface area contributed by atoms with Gasteiger partial charge in [0.1, 0.15) is 46.9 Å². The number of alkyl halides is 1. The summed E-state index contributed by atoms with van der Waals surface area (Å²) in [6, 6.07) is 1.84. The number of rotatable bonds is 23. The third-order valence-electron chi connectivity index (χ3n) is 8.36. The molecule has 0 aliphatic carbocycles. The predicted molar refractivity (Wildman–Crippen MR) is 224 cm³/mol. The number of carboxylic acids is 2. The second kappa shape index (κ2) is 22.7. The fourth-order valence-corrected chi connectivity index (χ4v) is 6.56. The van der Waals surface area contributed by atoms with Gasteiger partial charge < -0.3 is 67.3 Å². The number of halogens is 1. The second-order valence-electron chi connectivity index (χ2n) is 13.3. The Morgan fingerprint density at radius 2 is 1.28 bits per heavy atom. The smallest absolute Gasteiger partial charge is 0.322 e. The Morgan fingerprint density at radius 1 is 0.767 bits per heavy atom. The van der Waals surface area contributed by atoms with Crippen molar-refractivity contribution >= 4 is 93.6 Å². The van der Waals surface area contributed by atoms with E-state index >= 15 is 0 Å². The van der Waals surface area contributed by atoms with E-state index in [1.165, 1.54) is 39.7 Å². The van der Waals surface area contributed by atoms with Gasteiger partial charge in [0.05, 0.1) is 23.6 Å². The molecule has 0 fully saturated rings. The molecule has 326 valence electrons. The summed E-state index contributed by atoms with van der Waals surface area (Å²) in [5, 5.41) is 32.0. The molecule has 22 nitrogen and oxygen atoms in total. The Morgan fingerprint density at radius 3 is 1.78 bits per heavy atom. The standard InChI is InChI=1S/C36H49ClN12O10S/c1-5-8-40-28(39)12-41-33(55)25-9-20(15-47(25)2)44-35(57)27-11-21(16-49(27)4)45-34(56)26-10-19(14-48(26)3)43-31(53)22(37)17-60-18-24(32(54)42-13-30(51)52)46-29(50)7-6-23(38)36(58)59/h9-11,14-16,22-24H,5-8,12-13,17-18,38H2,1-4H3,(H2,39,40)(H,41,55)(H,42,54)(H,43,53)(H,44,57)(H,45,56)(H,46,50)(H,51,52)(H,58,59)/t22?,23-,24-/m0/s1. The molecule has 0 aliphatic heterocycles. The molecule has 0 aromatic carbocycles. The SMILES string of the molecule is CCCN=C(N)CNC(=O)c1cc(NC(=O)c2cc(NC(=O)c3cc(NC(=O)C(Cl)CSC[C@H](NC(=O)CC[C@H](N)C(=O)O)C(=O)NCC(=O)O)cn3C)cn2C)cn1C. The molecule has 0 aliphatic rings. The van der Waals surface area contributed by atoms with E-state index in [1.54, 1.807) is 31.9 Å². The number of aliphatic imine (C=N–C) groups is 1. The van der Waals surface area contributed by atoms with E-state index in [2.05, 4.69) is 36.9 Å². The van der Waals surface area contributed by atoms with Crippen molar-refractivity contribution in [3.05, 3.63) is 53.9 Å². The van der Waals surface area contributed by atoms with Crippen LogP contribution in [0.4, 0.5) is 17.1 Å². The highest BCUT2D eigenvalue weighted by molar-refractivity contribution is 7.99. The Bertz CT molecular complexity index is 2110. The fraction of sp³-hybridized carbons (Fsp3) is 0.417. The van der Waals surface area contributed by atoms with Crippen LogP contribution in [0.3, 0.4) is 0 Å². The first kappa shape index (κ1) is 48.0. The normalized spacial score (nSPS) is 12.7.